The van der Waals surface area contributed by atoms with E-state index in [0.717, 1.165) is 93.1 Å². The topological polar surface area (TPSA) is 76.0 Å². The molecule has 9 heteroatoms. The number of amides is 1. The van der Waals surface area contributed by atoms with Gasteiger partial charge in [-0.05, 0) is 18.9 Å². The Bertz CT molecular complexity index is 1160. The van der Waals surface area contributed by atoms with Gasteiger partial charge in [0.25, 0.3) is 5.91 Å². The lowest BCUT2D eigenvalue weighted by Gasteiger charge is -2.36. The van der Waals surface area contributed by atoms with Crippen molar-refractivity contribution in [3.8, 4) is 0 Å². The number of carbonyl (C=O) groups is 1. The highest BCUT2D eigenvalue weighted by atomic mass is 16.5. The minimum absolute atomic E-state index is 0.140. The van der Waals surface area contributed by atoms with Crippen LogP contribution in [0.25, 0.3) is 21.9 Å². The number of morpholine rings is 1. The highest BCUT2D eigenvalue weighted by Gasteiger charge is 2.31. The van der Waals surface area contributed by atoms with E-state index in [1.165, 1.54) is 0 Å². The summed E-state index contributed by atoms with van der Waals surface area (Å²) in [6, 6.07) is 8.32. The van der Waals surface area contributed by atoms with Gasteiger partial charge in [0.05, 0.1) is 30.6 Å². The molecule has 3 aliphatic heterocycles. The number of piperazine rings is 1. The van der Waals surface area contributed by atoms with E-state index in [4.69, 9.17) is 19.4 Å². The normalized spacial score (nSPS) is 22.2. The third-order valence-corrected chi connectivity index (χ3v) is 7.29. The molecule has 2 aromatic heterocycles. The summed E-state index contributed by atoms with van der Waals surface area (Å²) in [7, 11) is 0. The van der Waals surface area contributed by atoms with Crippen molar-refractivity contribution >= 4 is 33.7 Å². The number of aromatic nitrogens is 3. The molecule has 1 atom stereocenters. The molecule has 0 aliphatic carbocycles. The van der Waals surface area contributed by atoms with Crippen molar-refractivity contribution < 1.29 is 14.3 Å². The second kappa shape index (κ2) is 9.48. The first kappa shape index (κ1) is 21.8. The average molecular weight is 465 g/mol. The van der Waals surface area contributed by atoms with Crippen LogP contribution in [0, 0.1) is 0 Å². The van der Waals surface area contributed by atoms with Gasteiger partial charge in [0.15, 0.2) is 5.82 Å². The maximum absolute atomic E-state index is 12.8. The first-order valence-electron chi connectivity index (χ1n) is 12.5. The number of rotatable bonds is 5. The van der Waals surface area contributed by atoms with Crippen LogP contribution in [-0.2, 0) is 20.8 Å². The zero-order valence-electron chi connectivity index (χ0n) is 19.6. The van der Waals surface area contributed by atoms with E-state index in [1.54, 1.807) is 0 Å². The Labute approximate surface area is 199 Å². The van der Waals surface area contributed by atoms with Crippen LogP contribution in [-0.4, -0.2) is 102 Å². The Morgan fingerprint density at radius 2 is 1.82 bits per heavy atom. The first-order valence-corrected chi connectivity index (χ1v) is 12.5. The minimum atomic E-state index is -0.251. The molecule has 1 unspecified atom stereocenters. The molecule has 1 amide bonds. The molecular weight excluding hydrogens is 432 g/mol. The summed E-state index contributed by atoms with van der Waals surface area (Å²) in [4.78, 5) is 29.3. The van der Waals surface area contributed by atoms with Gasteiger partial charge < -0.3 is 23.8 Å². The summed E-state index contributed by atoms with van der Waals surface area (Å²) in [5.74, 6) is 1.06. The number of hydrogen-bond acceptors (Lipinski definition) is 7. The summed E-state index contributed by atoms with van der Waals surface area (Å²) in [6.07, 6.45) is 3.52. The van der Waals surface area contributed by atoms with Crippen LogP contribution >= 0.6 is 0 Å². The fraction of sp³-hybridized carbons (Fsp3) is 0.560. The third-order valence-electron chi connectivity index (χ3n) is 7.29. The van der Waals surface area contributed by atoms with Gasteiger partial charge >= 0.3 is 0 Å². The van der Waals surface area contributed by atoms with E-state index in [9.17, 15) is 4.79 Å². The van der Waals surface area contributed by atoms with Crippen LogP contribution in [0.1, 0.15) is 12.8 Å². The van der Waals surface area contributed by atoms with Crippen molar-refractivity contribution in [2.24, 2.45) is 0 Å². The summed E-state index contributed by atoms with van der Waals surface area (Å²) < 4.78 is 13.4. The number of fused-ring (bicyclic) bond motifs is 3. The maximum Gasteiger partial charge on any atom is 0.251 e. The summed E-state index contributed by atoms with van der Waals surface area (Å²) in [6.45, 7) is 9.01. The number of pyridine rings is 1. The van der Waals surface area contributed by atoms with E-state index < -0.39 is 0 Å². The monoisotopic (exact) mass is 464 g/mol. The molecule has 0 N–H and O–H groups in total. The molecule has 9 nitrogen and oxygen atoms in total. The summed E-state index contributed by atoms with van der Waals surface area (Å²) in [5, 5.41) is 1.13. The van der Waals surface area contributed by atoms with Gasteiger partial charge in [-0.15, -0.1) is 0 Å². The predicted molar refractivity (Wildman–Crippen MR) is 130 cm³/mol. The Hall–Kier alpha value is -2.75. The number of anilines is 1. The molecule has 1 aromatic carbocycles. The van der Waals surface area contributed by atoms with Gasteiger partial charge in [-0.2, -0.15) is 0 Å². The third kappa shape index (κ3) is 4.12. The number of imidazole rings is 1. The molecule has 3 saturated heterocycles. The Morgan fingerprint density at radius 3 is 2.62 bits per heavy atom. The van der Waals surface area contributed by atoms with Crippen LogP contribution in [0.3, 0.4) is 0 Å². The lowest BCUT2D eigenvalue weighted by molar-refractivity contribution is -0.141. The van der Waals surface area contributed by atoms with Gasteiger partial charge in [-0.3, -0.25) is 9.69 Å². The Morgan fingerprint density at radius 1 is 1.00 bits per heavy atom. The lowest BCUT2D eigenvalue weighted by atomic mass is 10.1. The van der Waals surface area contributed by atoms with Crippen molar-refractivity contribution in [3.63, 3.8) is 0 Å². The number of benzene rings is 1. The fourth-order valence-corrected chi connectivity index (χ4v) is 5.35. The average Bonchev–Trinajstić information content (AvgIpc) is 3.58. The van der Waals surface area contributed by atoms with Gasteiger partial charge in [0.2, 0.25) is 0 Å². The van der Waals surface area contributed by atoms with Crippen molar-refractivity contribution in [1.82, 2.24) is 24.3 Å². The standard InChI is InChI=1S/C25H32N6O3/c32-25(21-6-3-15-34-21)30-11-9-29(10-12-30)24-22-23(19-4-1-2-5-20(19)27-24)31(18-26-22)8-7-28-13-16-33-17-14-28/h1-2,4-5,18,21H,3,6-17H2. The zero-order chi connectivity index (χ0) is 22.9. The molecule has 3 aliphatic rings. The molecule has 3 fully saturated rings. The molecule has 5 heterocycles. The number of hydrogen-bond donors (Lipinski definition) is 0. The quantitative estimate of drug-likeness (QED) is 0.569. The van der Waals surface area contributed by atoms with E-state index >= 15 is 0 Å². The van der Waals surface area contributed by atoms with Gasteiger partial charge in [-0.1, -0.05) is 18.2 Å². The summed E-state index contributed by atoms with van der Waals surface area (Å²) >= 11 is 0. The van der Waals surface area contributed by atoms with Crippen LogP contribution in [0.2, 0.25) is 0 Å². The lowest BCUT2D eigenvalue weighted by Crippen LogP contribution is -2.51. The van der Waals surface area contributed by atoms with Crippen molar-refractivity contribution in [3.05, 3.63) is 30.6 Å². The largest absolute Gasteiger partial charge is 0.379 e. The second-order valence-corrected chi connectivity index (χ2v) is 9.36. The maximum atomic E-state index is 12.8. The predicted octanol–water partition coefficient (Wildman–Crippen LogP) is 1.74. The minimum Gasteiger partial charge on any atom is -0.379 e. The first-order chi connectivity index (χ1) is 16.8. The molecule has 3 aromatic rings. The molecule has 0 radical (unpaired) electrons. The van der Waals surface area contributed by atoms with Crippen LogP contribution < -0.4 is 4.90 Å². The van der Waals surface area contributed by atoms with E-state index in [2.05, 4.69) is 32.6 Å². The van der Waals surface area contributed by atoms with Crippen LogP contribution in [0.5, 0.6) is 0 Å². The van der Waals surface area contributed by atoms with Gasteiger partial charge in [0.1, 0.15) is 11.6 Å². The van der Waals surface area contributed by atoms with Crippen molar-refractivity contribution in [2.75, 3.05) is 70.5 Å². The number of para-hydroxylation sites is 1. The molecule has 180 valence electrons. The number of ether oxygens (including phenoxy) is 2. The number of nitrogens with zero attached hydrogens (tertiary/aromatic N) is 6. The van der Waals surface area contributed by atoms with Crippen molar-refractivity contribution in [1.29, 1.82) is 0 Å². The van der Waals surface area contributed by atoms with Crippen molar-refractivity contribution in [2.45, 2.75) is 25.5 Å². The summed E-state index contributed by atoms with van der Waals surface area (Å²) in [5.41, 5.74) is 3.07. The van der Waals surface area contributed by atoms with Gasteiger partial charge in [0, 0.05) is 64.4 Å². The van der Waals surface area contributed by atoms with Crippen LogP contribution in [0.4, 0.5) is 5.82 Å². The molecule has 0 saturated carbocycles. The fourth-order valence-electron chi connectivity index (χ4n) is 5.35. The second-order valence-electron chi connectivity index (χ2n) is 9.36. The Balaban J connectivity index is 1.26. The highest BCUT2D eigenvalue weighted by molar-refractivity contribution is 6.07. The Kier molecular flexibility index (Phi) is 6.07. The van der Waals surface area contributed by atoms with Crippen LogP contribution in [0.15, 0.2) is 30.6 Å². The molecule has 0 bridgehead atoms. The highest BCUT2D eigenvalue weighted by Crippen LogP contribution is 2.31. The molecule has 0 spiro atoms. The molecule has 6 rings (SSSR count). The van der Waals surface area contributed by atoms with E-state index in [-0.39, 0.29) is 12.0 Å². The molecular formula is C25H32N6O3. The number of carbonyl (C=O) groups excluding carboxylic acids is 1. The SMILES string of the molecule is O=C(C1CCCO1)N1CCN(c2nc3ccccc3c3c2ncn3CCN2CCOCC2)CC1. The van der Waals surface area contributed by atoms with E-state index in [1.807, 2.05) is 17.3 Å². The van der Waals surface area contributed by atoms with Gasteiger partial charge in [-0.25, -0.2) is 9.97 Å². The molecule has 34 heavy (non-hydrogen) atoms. The van der Waals surface area contributed by atoms with E-state index in [0.29, 0.717) is 19.7 Å². The zero-order valence-corrected chi connectivity index (χ0v) is 19.6. The smallest absolute Gasteiger partial charge is 0.251 e.